The maximum Gasteiger partial charge on any atom is 0.259 e. The largest absolute Gasteiger partial charge is 0.390 e. The Morgan fingerprint density at radius 2 is 1.60 bits per heavy atom. The van der Waals surface area contributed by atoms with Crippen molar-refractivity contribution in [3.8, 4) is 11.1 Å². The van der Waals surface area contributed by atoms with Crippen LogP contribution in [-0.2, 0) is 34.0 Å². The number of nitrogens with zero attached hydrogens (tertiary/aromatic N) is 3. The number of hydroxylamine groups is 2. The second kappa shape index (κ2) is 13.3. The van der Waals surface area contributed by atoms with E-state index < -0.39 is 80.4 Å². The van der Waals surface area contributed by atoms with Crippen LogP contribution < -0.4 is 10.0 Å². The number of carbonyl (C=O) groups is 4. The molecule has 4 amide bonds. The summed E-state index contributed by atoms with van der Waals surface area (Å²) in [5.41, 5.74) is 2.77. The molecule has 0 spiro atoms. The number of hydrogen-bond donors (Lipinski definition) is 3. The first kappa shape index (κ1) is 35.3. The third-order valence-electron chi connectivity index (χ3n) is 9.91. The summed E-state index contributed by atoms with van der Waals surface area (Å²) in [6, 6.07) is 13.0. The van der Waals surface area contributed by atoms with Crippen LogP contribution in [0.5, 0.6) is 0 Å². The number of hydrogen-bond acceptors (Lipinski definition) is 9. The third-order valence-corrected chi connectivity index (χ3v) is 11.7. The highest BCUT2D eigenvalue weighted by molar-refractivity contribution is 7.91. The number of nitrogens with one attached hydrogen (secondary N) is 2. The molecule has 1 aliphatic heterocycles. The molecule has 3 fully saturated rings. The van der Waals surface area contributed by atoms with Crippen molar-refractivity contribution in [2.24, 2.45) is 22.9 Å². The van der Waals surface area contributed by atoms with E-state index in [2.05, 4.69) is 21.8 Å². The summed E-state index contributed by atoms with van der Waals surface area (Å²) in [5.74, 6) is -4.59. The monoisotopic (exact) mass is 705 g/mol. The molecule has 2 saturated carbocycles. The second-order valence-corrected chi connectivity index (χ2v) is 16.2. The molecule has 266 valence electrons. The summed E-state index contributed by atoms with van der Waals surface area (Å²) in [5, 5.41) is 18.0. The van der Waals surface area contributed by atoms with Gasteiger partial charge in [-0.2, -0.15) is 0 Å². The van der Waals surface area contributed by atoms with Gasteiger partial charge in [0.25, 0.3) is 5.91 Å². The average molecular weight is 706 g/mol. The van der Waals surface area contributed by atoms with E-state index in [0.29, 0.717) is 23.6 Å². The molecule has 0 radical (unpaired) electrons. The summed E-state index contributed by atoms with van der Waals surface area (Å²) in [7, 11) is -3.90. The van der Waals surface area contributed by atoms with E-state index in [-0.39, 0.29) is 19.4 Å². The van der Waals surface area contributed by atoms with E-state index in [0.717, 1.165) is 22.3 Å². The van der Waals surface area contributed by atoms with Gasteiger partial charge in [-0.15, -0.1) is 6.58 Å². The Kier molecular flexibility index (Phi) is 9.37. The Morgan fingerprint density at radius 1 is 1.02 bits per heavy atom. The molecule has 0 aromatic heterocycles. The van der Waals surface area contributed by atoms with Crippen LogP contribution in [0, 0.1) is 17.8 Å². The third kappa shape index (κ3) is 6.41. The zero-order valence-electron chi connectivity index (χ0n) is 28.5. The van der Waals surface area contributed by atoms with Crippen molar-refractivity contribution in [3.05, 3.63) is 72.3 Å². The first-order chi connectivity index (χ1) is 23.7. The van der Waals surface area contributed by atoms with Gasteiger partial charge < -0.3 is 15.1 Å². The fourth-order valence-corrected chi connectivity index (χ4v) is 8.21. The van der Waals surface area contributed by atoms with Gasteiger partial charge in [-0.3, -0.25) is 29.1 Å². The van der Waals surface area contributed by atoms with Crippen molar-refractivity contribution < 1.29 is 37.6 Å². The molecule has 6 rings (SSSR count). The van der Waals surface area contributed by atoms with Crippen molar-refractivity contribution in [1.29, 1.82) is 0 Å². The summed E-state index contributed by atoms with van der Waals surface area (Å²) >= 11 is 0. The van der Waals surface area contributed by atoms with Crippen LogP contribution in [0.25, 0.3) is 11.1 Å². The molecule has 2 aromatic carbocycles. The standard InChI is InChI=1S/C36H43N5O8S/c1-6-22-18-36(22,35(45)39-50(47,48)24-15-16-24)37-32(42)29-17-23(19-40(29)34(44)31(20(2)3)41(46)33(43)21(4)5)49-38-30-27-13-9-7-11-25(27)26-12-8-10-14-28(26)30/h6-14,20-24,29,31,46H,1,15-19H2,2-5H3,(H,37,42)(H,39,45)/t22-,23-,29+,31-,36+/m1/s1. The molecule has 0 unspecified atom stereocenters. The lowest BCUT2D eigenvalue weighted by Gasteiger charge is -2.34. The van der Waals surface area contributed by atoms with E-state index in [9.17, 15) is 32.8 Å². The number of amides is 4. The van der Waals surface area contributed by atoms with Crippen LogP contribution in [0.4, 0.5) is 0 Å². The fraction of sp³-hybridized carbons (Fsp3) is 0.472. The number of oxime groups is 1. The predicted molar refractivity (Wildman–Crippen MR) is 184 cm³/mol. The zero-order valence-corrected chi connectivity index (χ0v) is 29.4. The molecule has 0 bridgehead atoms. The van der Waals surface area contributed by atoms with Crippen molar-refractivity contribution in [1.82, 2.24) is 20.0 Å². The minimum atomic E-state index is -3.90. The van der Waals surface area contributed by atoms with E-state index in [1.54, 1.807) is 27.7 Å². The maximum atomic E-state index is 14.2. The first-order valence-corrected chi connectivity index (χ1v) is 18.5. The Morgan fingerprint density at radius 3 is 2.10 bits per heavy atom. The molecular formula is C36H43N5O8S. The SMILES string of the molecule is C=C[C@@H]1C[C@@]1(NC(=O)[C@@H]1C[C@@H](ON=C2c3ccccc3-c3ccccc32)CN1C(=O)[C@@H](C(C)C)N(O)C(=O)C(C)C)C(=O)NS(=O)(=O)C1CC1. The van der Waals surface area contributed by atoms with Crippen molar-refractivity contribution in [3.63, 3.8) is 0 Å². The molecule has 1 heterocycles. The molecule has 5 atom stereocenters. The number of benzene rings is 2. The van der Waals surface area contributed by atoms with Gasteiger partial charge >= 0.3 is 0 Å². The number of sulfonamides is 1. The van der Waals surface area contributed by atoms with Gasteiger partial charge in [0.15, 0.2) is 0 Å². The summed E-state index contributed by atoms with van der Waals surface area (Å²) in [6.07, 6.45) is 1.71. The maximum absolute atomic E-state index is 14.2. The number of fused-ring (bicyclic) bond motifs is 3. The lowest BCUT2D eigenvalue weighted by molar-refractivity contribution is -0.190. The van der Waals surface area contributed by atoms with Crippen LogP contribution in [0.1, 0.15) is 64.5 Å². The highest BCUT2D eigenvalue weighted by Gasteiger charge is 2.62. The van der Waals surface area contributed by atoms with Gasteiger partial charge in [0.1, 0.15) is 29.4 Å². The Balaban J connectivity index is 1.29. The molecule has 3 N–H and O–H groups in total. The normalized spacial score (nSPS) is 24.3. The van der Waals surface area contributed by atoms with Gasteiger partial charge in [0.05, 0.1) is 11.8 Å². The summed E-state index contributed by atoms with van der Waals surface area (Å²) < 4.78 is 27.4. The molecule has 4 aliphatic rings. The Labute approximate surface area is 291 Å². The van der Waals surface area contributed by atoms with Gasteiger partial charge in [0.2, 0.25) is 27.7 Å². The molecule has 2 aromatic rings. The molecule has 13 nitrogen and oxygen atoms in total. The van der Waals surface area contributed by atoms with E-state index >= 15 is 0 Å². The van der Waals surface area contributed by atoms with Crippen LogP contribution in [-0.4, -0.2) is 88.4 Å². The van der Waals surface area contributed by atoms with E-state index in [1.165, 1.54) is 11.0 Å². The zero-order chi connectivity index (χ0) is 36.1. The fourth-order valence-electron chi connectivity index (χ4n) is 6.85. The van der Waals surface area contributed by atoms with E-state index in [4.69, 9.17) is 4.84 Å². The second-order valence-electron chi connectivity index (χ2n) is 14.2. The van der Waals surface area contributed by atoms with Crippen LogP contribution in [0.2, 0.25) is 0 Å². The minimum absolute atomic E-state index is 0.0250. The Hall–Kier alpha value is -4.56. The number of carbonyl (C=O) groups excluding carboxylic acids is 4. The van der Waals surface area contributed by atoms with Crippen molar-refractivity contribution >= 4 is 39.4 Å². The highest BCUT2D eigenvalue weighted by Crippen LogP contribution is 2.45. The van der Waals surface area contributed by atoms with Crippen LogP contribution in [0.15, 0.2) is 66.3 Å². The highest BCUT2D eigenvalue weighted by atomic mass is 32.2. The average Bonchev–Trinajstić information content (AvgIpc) is 3.99. The minimum Gasteiger partial charge on any atom is -0.390 e. The molecule has 1 saturated heterocycles. The number of rotatable bonds is 12. The van der Waals surface area contributed by atoms with Gasteiger partial charge in [0, 0.05) is 29.4 Å². The lowest BCUT2D eigenvalue weighted by atomic mass is 10.0. The Bertz CT molecular complexity index is 1820. The van der Waals surface area contributed by atoms with E-state index in [1.807, 2.05) is 48.5 Å². The van der Waals surface area contributed by atoms with Gasteiger partial charge in [-0.05, 0) is 36.3 Å². The lowest BCUT2D eigenvalue weighted by Crippen LogP contribution is -2.59. The molecule has 3 aliphatic carbocycles. The topological polar surface area (TPSA) is 175 Å². The van der Waals surface area contributed by atoms with Crippen LogP contribution in [0.3, 0.4) is 0 Å². The molecule has 14 heteroatoms. The van der Waals surface area contributed by atoms with Crippen molar-refractivity contribution in [2.45, 2.75) is 82.4 Å². The van der Waals surface area contributed by atoms with Gasteiger partial charge in [-0.1, -0.05) is 87.5 Å². The van der Waals surface area contributed by atoms with Gasteiger partial charge in [-0.25, -0.2) is 13.5 Å². The predicted octanol–water partition coefficient (Wildman–Crippen LogP) is 2.97. The summed E-state index contributed by atoms with van der Waals surface area (Å²) in [4.78, 5) is 61.9. The quantitative estimate of drug-likeness (QED) is 0.147. The number of likely N-dealkylation sites (tertiary alicyclic amines) is 1. The van der Waals surface area contributed by atoms with Crippen molar-refractivity contribution in [2.75, 3.05) is 6.54 Å². The van der Waals surface area contributed by atoms with Crippen LogP contribution >= 0.6 is 0 Å². The molecular weight excluding hydrogens is 662 g/mol. The summed E-state index contributed by atoms with van der Waals surface area (Å²) in [6.45, 7) is 10.2. The molecule has 50 heavy (non-hydrogen) atoms. The smallest absolute Gasteiger partial charge is 0.259 e. The first-order valence-electron chi connectivity index (χ1n) is 17.0.